The van der Waals surface area contributed by atoms with Crippen molar-refractivity contribution in [2.45, 2.75) is 63.8 Å². The molecular weight excluding hydrogens is 424 g/mol. The summed E-state index contributed by atoms with van der Waals surface area (Å²) in [4.78, 5) is 11.3. The highest BCUT2D eigenvalue weighted by atomic mass is 32.1. The molecule has 5 N–H and O–H groups in total. The molecule has 0 saturated carbocycles. The molecule has 1 heterocycles. The van der Waals surface area contributed by atoms with Crippen molar-refractivity contribution in [2.24, 2.45) is 0 Å². The Labute approximate surface area is 187 Å². The molecule has 0 amide bonds. The Hall–Kier alpha value is -1.88. The van der Waals surface area contributed by atoms with Crippen molar-refractivity contribution in [3.8, 4) is 0 Å². The third kappa shape index (κ3) is 7.64. The fourth-order valence-corrected chi connectivity index (χ4v) is 3.11. The fraction of sp³-hybridized carbons (Fsp3) is 0.500. The van der Waals surface area contributed by atoms with E-state index in [0.717, 1.165) is 0 Å². The summed E-state index contributed by atoms with van der Waals surface area (Å²) in [5.41, 5.74) is 1.27. The molecule has 0 unspecified atom stereocenters. The largest absolute Gasteiger partial charge is 0.481 e. The van der Waals surface area contributed by atoms with Gasteiger partial charge in [0.05, 0.1) is 6.61 Å². The highest BCUT2D eigenvalue weighted by Gasteiger charge is 2.52. The normalized spacial score (nSPS) is 30.5. The first-order valence-corrected chi connectivity index (χ1v) is 10.2. The Morgan fingerprint density at radius 2 is 1.87 bits per heavy atom. The summed E-state index contributed by atoms with van der Waals surface area (Å²) < 4.78 is 11.6. The van der Waals surface area contributed by atoms with Gasteiger partial charge in [-0.15, -0.1) is 12.6 Å². The molecule has 0 radical (unpaired) electrons. The van der Waals surface area contributed by atoms with Crippen molar-refractivity contribution < 1.29 is 39.8 Å². The summed E-state index contributed by atoms with van der Waals surface area (Å²) in [6.07, 6.45) is 2.75. The number of aliphatic carboxylic acids is 1. The molecule has 1 fully saturated rings. The van der Waals surface area contributed by atoms with Crippen molar-refractivity contribution in [2.75, 3.05) is 6.61 Å². The number of hydrogen-bond acceptors (Lipinski definition) is 8. The molecular formula is C22H32O8S. The Kier molecular flexibility index (Phi) is 10.7. The topological polar surface area (TPSA) is 137 Å². The number of thiol groups is 1. The molecule has 1 rings (SSSR count). The van der Waals surface area contributed by atoms with Crippen LogP contribution in [0.2, 0.25) is 0 Å². The highest BCUT2D eigenvalue weighted by Crippen LogP contribution is 2.34. The van der Waals surface area contributed by atoms with Gasteiger partial charge >= 0.3 is 5.97 Å². The van der Waals surface area contributed by atoms with Gasteiger partial charge in [-0.1, -0.05) is 24.8 Å². The lowest BCUT2D eigenvalue weighted by molar-refractivity contribution is -0.345. The molecule has 31 heavy (non-hydrogen) atoms. The Balaban J connectivity index is 3.42. The molecule has 5 atom stereocenters. The van der Waals surface area contributed by atoms with E-state index in [1.807, 2.05) is 6.92 Å². The zero-order valence-corrected chi connectivity index (χ0v) is 18.8. The molecule has 0 aliphatic carbocycles. The first kappa shape index (κ1) is 27.2. The van der Waals surface area contributed by atoms with E-state index >= 15 is 0 Å². The maximum atomic E-state index is 10.9. The number of aliphatic hydroxyl groups is 4. The van der Waals surface area contributed by atoms with Gasteiger partial charge in [0, 0.05) is 13.3 Å². The number of carboxylic acid groups (broad SMARTS) is 1. The van der Waals surface area contributed by atoms with E-state index in [4.69, 9.17) is 14.6 Å². The van der Waals surface area contributed by atoms with Gasteiger partial charge in [0.25, 0.3) is 0 Å². The van der Waals surface area contributed by atoms with E-state index in [2.05, 4.69) is 19.2 Å². The van der Waals surface area contributed by atoms with E-state index in [1.165, 1.54) is 6.92 Å². The third-order valence-corrected chi connectivity index (χ3v) is 4.92. The number of carbonyl (C=O) groups is 1. The van der Waals surface area contributed by atoms with Gasteiger partial charge in [0.2, 0.25) is 5.79 Å². The van der Waals surface area contributed by atoms with Gasteiger partial charge < -0.3 is 35.0 Å². The van der Waals surface area contributed by atoms with Gasteiger partial charge in [-0.3, -0.25) is 4.79 Å². The van der Waals surface area contributed by atoms with E-state index in [-0.39, 0.29) is 18.6 Å². The molecule has 0 aromatic rings. The maximum absolute atomic E-state index is 10.9. The van der Waals surface area contributed by atoms with Crippen molar-refractivity contribution in [3.63, 3.8) is 0 Å². The lowest BCUT2D eigenvalue weighted by atomic mass is 9.93. The quantitative estimate of drug-likeness (QED) is 0.166. The minimum Gasteiger partial charge on any atom is -0.481 e. The summed E-state index contributed by atoms with van der Waals surface area (Å²) in [5.74, 6) is -2.49. The minimum atomic E-state index is -1.80. The predicted molar refractivity (Wildman–Crippen MR) is 119 cm³/mol. The van der Waals surface area contributed by atoms with Crippen molar-refractivity contribution in [3.05, 3.63) is 58.8 Å². The SMILES string of the molecule is C=C(S)\C=C/C(O[C@@]1(C)O[C@H](CO)[C@@H](O)[C@H](O)[C@@H]1O)=C(C)/C(/C=C\C)=C/CCC(=O)O. The van der Waals surface area contributed by atoms with Gasteiger partial charge in [-0.05, 0) is 48.5 Å². The summed E-state index contributed by atoms with van der Waals surface area (Å²) in [5, 5.41) is 49.1. The Morgan fingerprint density at radius 1 is 1.23 bits per heavy atom. The van der Waals surface area contributed by atoms with Crippen molar-refractivity contribution in [1.82, 2.24) is 0 Å². The summed E-state index contributed by atoms with van der Waals surface area (Å²) in [6.45, 7) is 8.02. The lowest BCUT2D eigenvalue weighted by Crippen LogP contribution is -2.64. The number of ether oxygens (including phenoxy) is 2. The van der Waals surface area contributed by atoms with Crippen LogP contribution >= 0.6 is 12.6 Å². The molecule has 1 aliphatic heterocycles. The monoisotopic (exact) mass is 456 g/mol. The standard InChI is InChI=1S/C22H32O8S/c1-5-7-15(8-6-9-18(24)25)14(3)16(11-10-13(2)31)29-22(4)21(28)20(27)19(26)17(12-23)30-22/h5,7-8,10-11,17,19-21,23,26-28,31H,2,6,9,12H2,1,3-4H3,(H,24,25)/b7-5-,11-10-,15-8+,16-14-/t17-,19-,20+,21+,22+/m1/s1. The first-order valence-electron chi connectivity index (χ1n) is 9.80. The predicted octanol–water partition coefficient (Wildman–Crippen LogP) is 1.83. The second kappa shape index (κ2) is 12.2. The van der Waals surface area contributed by atoms with Gasteiger partial charge in [-0.2, -0.15) is 0 Å². The second-order valence-electron chi connectivity index (χ2n) is 7.29. The summed E-state index contributed by atoms with van der Waals surface area (Å²) in [6, 6.07) is 0. The van der Waals surface area contributed by atoms with E-state index < -0.39 is 42.8 Å². The molecule has 9 heteroatoms. The van der Waals surface area contributed by atoms with E-state index in [9.17, 15) is 25.2 Å². The molecule has 0 bridgehead atoms. The van der Waals surface area contributed by atoms with Crippen LogP contribution in [-0.2, 0) is 14.3 Å². The van der Waals surface area contributed by atoms with Crippen LogP contribution in [0.1, 0.15) is 33.6 Å². The summed E-state index contributed by atoms with van der Waals surface area (Å²) >= 11 is 4.13. The smallest absolute Gasteiger partial charge is 0.303 e. The van der Waals surface area contributed by atoms with Crippen molar-refractivity contribution >= 4 is 18.6 Å². The Morgan fingerprint density at radius 3 is 2.39 bits per heavy atom. The number of carboxylic acids is 1. The average molecular weight is 457 g/mol. The molecule has 1 saturated heterocycles. The van der Waals surface area contributed by atoms with E-state index in [0.29, 0.717) is 16.1 Å². The zero-order chi connectivity index (χ0) is 23.8. The number of hydrogen-bond donors (Lipinski definition) is 6. The van der Waals surface area contributed by atoms with Crippen molar-refractivity contribution in [1.29, 1.82) is 0 Å². The van der Waals surface area contributed by atoms with Crippen LogP contribution in [0.3, 0.4) is 0 Å². The van der Waals surface area contributed by atoms with Crippen LogP contribution in [-0.4, -0.2) is 68.3 Å². The van der Waals surface area contributed by atoms with Gasteiger partial charge in [0.1, 0.15) is 30.2 Å². The number of rotatable bonds is 10. The number of allylic oxidation sites excluding steroid dienone is 7. The Bertz CT molecular complexity index is 767. The molecule has 174 valence electrons. The molecule has 0 aromatic carbocycles. The average Bonchev–Trinajstić information content (AvgIpc) is 2.71. The first-order chi connectivity index (χ1) is 14.5. The van der Waals surface area contributed by atoms with Crippen LogP contribution in [0.4, 0.5) is 0 Å². The molecule has 8 nitrogen and oxygen atoms in total. The highest BCUT2D eigenvalue weighted by molar-refractivity contribution is 7.84. The zero-order valence-electron chi connectivity index (χ0n) is 17.9. The third-order valence-electron chi connectivity index (χ3n) is 4.77. The van der Waals surface area contributed by atoms with Crippen LogP contribution in [0.25, 0.3) is 0 Å². The van der Waals surface area contributed by atoms with Gasteiger partial charge in [-0.25, -0.2) is 0 Å². The number of aliphatic hydroxyl groups excluding tert-OH is 4. The maximum Gasteiger partial charge on any atom is 0.303 e. The summed E-state index contributed by atoms with van der Waals surface area (Å²) in [7, 11) is 0. The molecule has 1 aliphatic rings. The van der Waals surface area contributed by atoms with Crippen LogP contribution in [0.5, 0.6) is 0 Å². The fourth-order valence-electron chi connectivity index (χ4n) is 3.03. The van der Waals surface area contributed by atoms with E-state index in [1.54, 1.807) is 37.3 Å². The van der Waals surface area contributed by atoms with Crippen LogP contribution in [0.15, 0.2) is 58.8 Å². The molecule has 0 spiro atoms. The lowest BCUT2D eigenvalue weighted by Gasteiger charge is -2.46. The van der Waals surface area contributed by atoms with Crippen LogP contribution in [0, 0.1) is 0 Å². The van der Waals surface area contributed by atoms with Crippen LogP contribution < -0.4 is 0 Å². The second-order valence-corrected chi connectivity index (χ2v) is 7.86. The van der Waals surface area contributed by atoms with Gasteiger partial charge in [0.15, 0.2) is 0 Å². The minimum absolute atomic E-state index is 0.0460. The molecule has 0 aromatic heterocycles.